The van der Waals surface area contributed by atoms with Crippen molar-refractivity contribution in [3.05, 3.63) is 77.6 Å². The van der Waals surface area contributed by atoms with Gasteiger partial charge < -0.3 is 10.3 Å². The highest BCUT2D eigenvalue weighted by Gasteiger charge is 2.11. The van der Waals surface area contributed by atoms with Gasteiger partial charge in [-0.3, -0.25) is 9.78 Å². The van der Waals surface area contributed by atoms with Crippen LogP contribution in [0.4, 0.5) is 0 Å². The number of aromatic nitrogens is 2. The lowest BCUT2D eigenvalue weighted by molar-refractivity contribution is 0.0947. The Morgan fingerprint density at radius 3 is 2.71 bits per heavy atom. The Morgan fingerprint density at radius 2 is 1.88 bits per heavy atom. The maximum atomic E-state index is 12.4. The Bertz CT molecular complexity index is 1030. The summed E-state index contributed by atoms with van der Waals surface area (Å²) in [5, 5.41) is 4.99. The van der Waals surface area contributed by atoms with Gasteiger partial charge in [0.15, 0.2) is 0 Å². The number of aryl methyl sites for hydroxylation is 1. The van der Waals surface area contributed by atoms with Crippen LogP contribution < -0.4 is 5.32 Å². The molecule has 0 aliphatic carbocycles. The number of benzene rings is 2. The van der Waals surface area contributed by atoms with E-state index in [2.05, 4.69) is 15.3 Å². The SMILES string of the molecule is Cc1ccc(CNC(=O)c2cc3ccc4cccnc4c3[nH]2)cc1. The number of aromatic amines is 1. The molecule has 118 valence electrons. The Balaban J connectivity index is 1.60. The maximum Gasteiger partial charge on any atom is 0.267 e. The van der Waals surface area contributed by atoms with Crippen LogP contribution >= 0.6 is 0 Å². The first-order chi connectivity index (χ1) is 11.7. The van der Waals surface area contributed by atoms with Gasteiger partial charge in [0.2, 0.25) is 0 Å². The molecule has 4 heteroatoms. The van der Waals surface area contributed by atoms with Crippen molar-refractivity contribution in [3.63, 3.8) is 0 Å². The molecule has 2 N–H and O–H groups in total. The van der Waals surface area contributed by atoms with Crippen LogP contribution in [-0.4, -0.2) is 15.9 Å². The molecule has 0 atom stereocenters. The van der Waals surface area contributed by atoms with E-state index in [1.165, 1.54) is 5.56 Å². The zero-order valence-electron chi connectivity index (χ0n) is 13.3. The van der Waals surface area contributed by atoms with Crippen LogP contribution in [0.3, 0.4) is 0 Å². The van der Waals surface area contributed by atoms with E-state index >= 15 is 0 Å². The van der Waals surface area contributed by atoms with Gasteiger partial charge in [-0.1, -0.05) is 48.0 Å². The van der Waals surface area contributed by atoms with Crippen molar-refractivity contribution in [1.29, 1.82) is 0 Å². The van der Waals surface area contributed by atoms with Crippen molar-refractivity contribution in [2.24, 2.45) is 0 Å². The van der Waals surface area contributed by atoms with Gasteiger partial charge in [0.05, 0.1) is 11.0 Å². The molecule has 2 aromatic carbocycles. The molecule has 0 aliphatic rings. The molecule has 0 unspecified atom stereocenters. The fourth-order valence-electron chi connectivity index (χ4n) is 2.84. The van der Waals surface area contributed by atoms with Crippen LogP contribution in [0.5, 0.6) is 0 Å². The predicted molar refractivity (Wildman–Crippen MR) is 95.9 cm³/mol. The lowest BCUT2D eigenvalue weighted by atomic mass is 10.1. The molecule has 0 saturated carbocycles. The zero-order valence-corrected chi connectivity index (χ0v) is 13.3. The third-order valence-electron chi connectivity index (χ3n) is 4.18. The first-order valence-electron chi connectivity index (χ1n) is 7.91. The average Bonchev–Trinajstić information content (AvgIpc) is 3.06. The minimum atomic E-state index is -0.115. The monoisotopic (exact) mass is 315 g/mol. The van der Waals surface area contributed by atoms with Crippen LogP contribution in [0.25, 0.3) is 21.8 Å². The summed E-state index contributed by atoms with van der Waals surface area (Å²) in [7, 11) is 0. The summed E-state index contributed by atoms with van der Waals surface area (Å²) in [6.45, 7) is 2.55. The molecule has 0 saturated heterocycles. The minimum Gasteiger partial charge on any atom is -0.349 e. The molecule has 0 aliphatic heterocycles. The Morgan fingerprint density at radius 1 is 1.08 bits per heavy atom. The van der Waals surface area contributed by atoms with Crippen molar-refractivity contribution in [2.75, 3.05) is 0 Å². The number of hydrogen-bond donors (Lipinski definition) is 2. The molecule has 4 rings (SSSR count). The maximum absolute atomic E-state index is 12.4. The van der Waals surface area contributed by atoms with Gasteiger partial charge in [-0.15, -0.1) is 0 Å². The van der Waals surface area contributed by atoms with E-state index in [0.717, 1.165) is 27.4 Å². The summed E-state index contributed by atoms with van der Waals surface area (Å²) in [5.74, 6) is -0.115. The number of carbonyl (C=O) groups excluding carboxylic acids is 1. The second-order valence-electron chi connectivity index (χ2n) is 5.96. The first-order valence-corrected chi connectivity index (χ1v) is 7.91. The van der Waals surface area contributed by atoms with E-state index in [9.17, 15) is 4.79 Å². The van der Waals surface area contributed by atoms with Crippen LogP contribution in [0.1, 0.15) is 21.6 Å². The molecule has 4 aromatic rings. The van der Waals surface area contributed by atoms with E-state index in [4.69, 9.17) is 0 Å². The molecule has 2 aromatic heterocycles. The lowest BCUT2D eigenvalue weighted by Crippen LogP contribution is -2.23. The molecule has 0 fully saturated rings. The van der Waals surface area contributed by atoms with Gasteiger partial charge in [0.1, 0.15) is 5.69 Å². The van der Waals surface area contributed by atoms with E-state index in [1.807, 2.05) is 61.5 Å². The minimum absolute atomic E-state index is 0.115. The summed E-state index contributed by atoms with van der Waals surface area (Å²) in [6, 6.07) is 18.0. The van der Waals surface area contributed by atoms with Gasteiger partial charge in [-0.25, -0.2) is 0 Å². The number of carbonyl (C=O) groups is 1. The lowest BCUT2D eigenvalue weighted by Gasteiger charge is -2.04. The molecule has 0 spiro atoms. The van der Waals surface area contributed by atoms with E-state index in [1.54, 1.807) is 6.20 Å². The van der Waals surface area contributed by atoms with Crippen molar-refractivity contribution in [2.45, 2.75) is 13.5 Å². The number of hydrogen-bond acceptors (Lipinski definition) is 2. The first kappa shape index (κ1) is 14.5. The summed E-state index contributed by atoms with van der Waals surface area (Å²) in [6.07, 6.45) is 1.76. The number of rotatable bonds is 3. The van der Waals surface area contributed by atoms with Crippen molar-refractivity contribution < 1.29 is 4.79 Å². The molecule has 1 amide bonds. The third kappa shape index (κ3) is 2.63. The Kier molecular flexibility index (Phi) is 3.50. The molecule has 24 heavy (non-hydrogen) atoms. The molecule has 0 bridgehead atoms. The van der Waals surface area contributed by atoms with Crippen LogP contribution in [0.15, 0.2) is 60.8 Å². The molecule has 0 radical (unpaired) electrons. The zero-order chi connectivity index (χ0) is 16.5. The second-order valence-corrected chi connectivity index (χ2v) is 5.96. The standard InChI is InChI=1S/C20H17N3O/c1-13-4-6-14(7-5-13)12-22-20(24)17-11-16-9-8-15-3-2-10-21-18(15)19(16)23-17/h2-11,23H,12H2,1H3,(H,22,24). The highest BCUT2D eigenvalue weighted by Crippen LogP contribution is 2.23. The van der Waals surface area contributed by atoms with Crippen molar-refractivity contribution in [1.82, 2.24) is 15.3 Å². The summed E-state index contributed by atoms with van der Waals surface area (Å²) in [4.78, 5) is 20.1. The smallest absolute Gasteiger partial charge is 0.267 e. The topological polar surface area (TPSA) is 57.8 Å². The fraction of sp³-hybridized carbons (Fsp3) is 0.100. The van der Waals surface area contributed by atoms with Crippen molar-refractivity contribution in [3.8, 4) is 0 Å². The normalized spacial score (nSPS) is 11.0. The number of fused-ring (bicyclic) bond motifs is 3. The number of H-pyrrole nitrogens is 1. The quantitative estimate of drug-likeness (QED) is 0.601. The number of pyridine rings is 1. The predicted octanol–water partition coefficient (Wildman–Crippen LogP) is 3.95. The van der Waals surface area contributed by atoms with E-state index < -0.39 is 0 Å². The van der Waals surface area contributed by atoms with Crippen LogP contribution in [0.2, 0.25) is 0 Å². The summed E-state index contributed by atoms with van der Waals surface area (Å²) in [5.41, 5.74) is 4.62. The Labute approximate surface area is 139 Å². The van der Waals surface area contributed by atoms with Gasteiger partial charge >= 0.3 is 0 Å². The van der Waals surface area contributed by atoms with Crippen molar-refractivity contribution >= 4 is 27.7 Å². The highest BCUT2D eigenvalue weighted by atomic mass is 16.1. The second kappa shape index (κ2) is 5.81. The Hall–Kier alpha value is -3.14. The summed E-state index contributed by atoms with van der Waals surface area (Å²) >= 11 is 0. The van der Waals surface area contributed by atoms with Gasteiger partial charge in [0.25, 0.3) is 5.91 Å². The number of nitrogens with zero attached hydrogens (tertiary/aromatic N) is 1. The molecule has 4 nitrogen and oxygen atoms in total. The van der Waals surface area contributed by atoms with E-state index in [0.29, 0.717) is 12.2 Å². The summed E-state index contributed by atoms with van der Waals surface area (Å²) < 4.78 is 0. The van der Waals surface area contributed by atoms with Gasteiger partial charge in [-0.05, 0) is 24.6 Å². The highest BCUT2D eigenvalue weighted by molar-refractivity contribution is 6.07. The number of amides is 1. The van der Waals surface area contributed by atoms with Crippen LogP contribution in [-0.2, 0) is 6.54 Å². The van der Waals surface area contributed by atoms with Crippen LogP contribution in [0, 0.1) is 6.92 Å². The largest absolute Gasteiger partial charge is 0.349 e. The average molecular weight is 315 g/mol. The van der Waals surface area contributed by atoms with E-state index in [-0.39, 0.29) is 5.91 Å². The van der Waals surface area contributed by atoms with Gasteiger partial charge in [-0.2, -0.15) is 0 Å². The fourth-order valence-corrected chi connectivity index (χ4v) is 2.84. The third-order valence-corrected chi connectivity index (χ3v) is 4.18. The molecular formula is C20H17N3O. The molecule has 2 heterocycles. The number of nitrogens with one attached hydrogen (secondary N) is 2. The molecular weight excluding hydrogens is 298 g/mol. The van der Waals surface area contributed by atoms with Gasteiger partial charge in [0, 0.05) is 23.5 Å².